The molecular formula is C10H11BrClNO3. The zero-order valence-corrected chi connectivity index (χ0v) is 11.2. The zero-order valence-electron chi connectivity index (χ0n) is 8.81. The summed E-state index contributed by atoms with van der Waals surface area (Å²) in [7, 11) is 1.55. The first-order chi connectivity index (χ1) is 7.39. The summed E-state index contributed by atoms with van der Waals surface area (Å²) in [6, 6.07) is 6.85. The van der Waals surface area contributed by atoms with Crippen LogP contribution in [0.3, 0.4) is 0 Å². The second-order valence-electron chi connectivity index (χ2n) is 3.42. The van der Waals surface area contributed by atoms with Crippen molar-refractivity contribution < 1.29 is 9.66 Å². The lowest BCUT2D eigenvalue weighted by atomic mass is 10.1. The minimum atomic E-state index is -1.39. The highest BCUT2D eigenvalue weighted by atomic mass is 79.9. The molecule has 6 heteroatoms. The van der Waals surface area contributed by atoms with Crippen LogP contribution in [0.4, 0.5) is 0 Å². The van der Waals surface area contributed by atoms with E-state index in [1.807, 2.05) is 0 Å². The average molecular weight is 309 g/mol. The molecule has 0 saturated carbocycles. The third kappa shape index (κ3) is 2.65. The van der Waals surface area contributed by atoms with Gasteiger partial charge in [0.2, 0.25) is 0 Å². The number of halogens is 2. The van der Waals surface area contributed by atoms with E-state index in [1.54, 1.807) is 31.4 Å². The molecule has 0 heterocycles. The molecule has 0 saturated heterocycles. The van der Waals surface area contributed by atoms with Gasteiger partial charge in [-0.3, -0.25) is 10.1 Å². The summed E-state index contributed by atoms with van der Waals surface area (Å²) < 4.78 is 3.61. The fourth-order valence-electron chi connectivity index (χ4n) is 1.17. The van der Waals surface area contributed by atoms with E-state index in [1.165, 1.54) is 6.92 Å². The fourth-order valence-corrected chi connectivity index (χ4v) is 1.66. The quantitative estimate of drug-likeness (QED) is 0.371. The van der Waals surface area contributed by atoms with Crippen molar-refractivity contribution in [3.63, 3.8) is 0 Å². The van der Waals surface area contributed by atoms with Crippen molar-refractivity contribution in [3.8, 4) is 5.75 Å². The van der Waals surface area contributed by atoms with Crippen molar-refractivity contribution in [1.29, 1.82) is 0 Å². The lowest BCUT2D eigenvalue weighted by Crippen LogP contribution is -2.32. The molecule has 0 aliphatic carbocycles. The standard InChI is InChI=1S/C10H11BrClNO3/c1-10(11,13(14)15)9(12)7-3-5-8(16-2)6-4-7/h3-6,9H,1-2H3/t9-,10+/m1/s1. The summed E-state index contributed by atoms with van der Waals surface area (Å²) >= 11 is 9.08. The third-order valence-corrected chi connectivity index (χ3v) is 3.92. The lowest BCUT2D eigenvalue weighted by molar-refractivity contribution is -0.531. The molecule has 0 radical (unpaired) electrons. The summed E-state index contributed by atoms with van der Waals surface area (Å²) in [5, 5.41) is 10.1. The van der Waals surface area contributed by atoms with Gasteiger partial charge in [-0.2, -0.15) is 0 Å². The maximum absolute atomic E-state index is 10.8. The monoisotopic (exact) mass is 307 g/mol. The number of ether oxygens (including phenoxy) is 1. The first-order valence-electron chi connectivity index (χ1n) is 4.51. The van der Waals surface area contributed by atoms with Crippen molar-refractivity contribution in [1.82, 2.24) is 0 Å². The molecule has 0 amide bonds. The van der Waals surface area contributed by atoms with Crippen LogP contribution >= 0.6 is 27.5 Å². The molecule has 0 N–H and O–H groups in total. The van der Waals surface area contributed by atoms with Gasteiger partial charge in [0.25, 0.3) is 4.45 Å². The van der Waals surface area contributed by atoms with Crippen LogP contribution in [-0.2, 0) is 0 Å². The normalized spacial score (nSPS) is 16.2. The van der Waals surface area contributed by atoms with Gasteiger partial charge >= 0.3 is 0 Å². The molecule has 0 bridgehead atoms. The summed E-state index contributed by atoms with van der Waals surface area (Å²) in [4.78, 5) is 10.4. The summed E-state index contributed by atoms with van der Waals surface area (Å²) in [6.45, 7) is 1.43. The van der Waals surface area contributed by atoms with Gasteiger partial charge in [0.05, 0.1) is 7.11 Å². The molecule has 4 nitrogen and oxygen atoms in total. The largest absolute Gasteiger partial charge is 0.497 e. The Bertz CT molecular complexity index is 380. The van der Waals surface area contributed by atoms with Gasteiger partial charge in [-0.05, 0) is 17.7 Å². The Morgan fingerprint density at radius 3 is 2.38 bits per heavy atom. The highest BCUT2D eigenvalue weighted by Gasteiger charge is 2.43. The van der Waals surface area contributed by atoms with E-state index >= 15 is 0 Å². The van der Waals surface area contributed by atoms with Crippen LogP contribution in [0.25, 0.3) is 0 Å². The molecular weight excluding hydrogens is 297 g/mol. The van der Waals surface area contributed by atoms with Crippen molar-refractivity contribution in [2.24, 2.45) is 0 Å². The number of alkyl halides is 2. The number of rotatable bonds is 4. The molecule has 2 atom stereocenters. The molecule has 0 unspecified atom stereocenters. The Labute approximate surface area is 107 Å². The molecule has 0 aliphatic rings. The van der Waals surface area contributed by atoms with E-state index < -0.39 is 14.7 Å². The molecule has 1 rings (SSSR count). The van der Waals surface area contributed by atoms with E-state index in [-0.39, 0.29) is 0 Å². The van der Waals surface area contributed by atoms with E-state index in [4.69, 9.17) is 16.3 Å². The van der Waals surface area contributed by atoms with Crippen molar-refractivity contribution >= 4 is 27.5 Å². The number of nitro groups is 1. The SMILES string of the molecule is COc1ccc([C@@H](Cl)[C@@](C)(Br)[N+](=O)[O-])cc1. The Hall–Kier alpha value is -0.810. The molecule has 1 aromatic carbocycles. The fraction of sp³-hybridized carbons (Fsp3) is 0.400. The number of benzene rings is 1. The predicted octanol–water partition coefficient (Wildman–Crippen LogP) is 3.36. The van der Waals surface area contributed by atoms with E-state index in [0.717, 1.165) is 0 Å². The zero-order chi connectivity index (χ0) is 12.3. The van der Waals surface area contributed by atoms with Crippen molar-refractivity contribution in [2.45, 2.75) is 16.7 Å². The maximum atomic E-state index is 10.8. The Morgan fingerprint density at radius 1 is 1.50 bits per heavy atom. The van der Waals surface area contributed by atoms with Crippen LogP contribution < -0.4 is 4.74 Å². The van der Waals surface area contributed by atoms with Gasteiger partial charge in [0.15, 0.2) is 0 Å². The molecule has 0 spiro atoms. The summed E-state index contributed by atoms with van der Waals surface area (Å²) in [5.74, 6) is 0.685. The minimum Gasteiger partial charge on any atom is -0.497 e. The molecule has 88 valence electrons. The molecule has 0 fully saturated rings. The van der Waals surface area contributed by atoms with E-state index in [0.29, 0.717) is 11.3 Å². The van der Waals surface area contributed by atoms with Gasteiger partial charge in [-0.25, -0.2) is 0 Å². The van der Waals surface area contributed by atoms with Gasteiger partial charge in [0, 0.05) is 27.8 Å². The second-order valence-corrected chi connectivity index (χ2v) is 5.46. The third-order valence-electron chi connectivity index (χ3n) is 2.23. The molecule has 1 aromatic rings. The maximum Gasteiger partial charge on any atom is 0.291 e. The highest BCUT2D eigenvalue weighted by molar-refractivity contribution is 9.10. The van der Waals surface area contributed by atoms with Crippen LogP contribution in [0, 0.1) is 10.1 Å². The first-order valence-corrected chi connectivity index (χ1v) is 5.74. The topological polar surface area (TPSA) is 52.4 Å². The van der Waals surface area contributed by atoms with Gasteiger partial charge in [0.1, 0.15) is 11.1 Å². The van der Waals surface area contributed by atoms with Crippen molar-refractivity contribution in [2.75, 3.05) is 7.11 Å². The van der Waals surface area contributed by atoms with Crippen LogP contribution in [0.2, 0.25) is 0 Å². The van der Waals surface area contributed by atoms with E-state index in [9.17, 15) is 10.1 Å². The van der Waals surface area contributed by atoms with Crippen LogP contribution in [0.5, 0.6) is 5.75 Å². The van der Waals surface area contributed by atoms with Gasteiger partial charge in [-0.1, -0.05) is 12.1 Å². The molecule has 0 aromatic heterocycles. The lowest BCUT2D eigenvalue weighted by Gasteiger charge is -2.19. The average Bonchev–Trinajstić information content (AvgIpc) is 2.28. The van der Waals surface area contributed by atoms with Crippen LogP contribution in [0.15, 0.2) is 24.3 Å². The van der Waals surface area contributed by atoms with Gasteiger partial charge < -0.3 is 4.74 Å². The predicted molar refractivity (Wildman–Crippen MR) is 65.9 cm³/mol. The number of nitrogens with zero attached hydrogens (tertiary/aromatic N) is 1. The summed E-state index contributed by atoms with van der Waals surface area (Å²) in [6.07, 6.45) is 0. The van der Waals surface area contributed by atoms with E-state index in [2.05, 4.69) is 15.9 Å². The number of hydrogen-bond acceptors (Lipinski definition) is 3. The Kier molecular flexibility index (Phi) is 4.15. The Balaban J connectivity index is 2.96. The second kappa shape index (κ2) is 5.01. The highest BCUT2D eigenvalue weighted by Crippen LogP contribution is 2.39. The first kappa shape index (κ1) is 13.3. The van der Waals surface area contributed by atoms with Gasteiger partial charge in [-0.15, -0.1) is 11.6 Å². The molecule has 16 heavy (non-hydrogen) atoms. The Morgan fingerprint density at radius 2 is 2.00 bits per heavy atom. The van der Waals surface area contributed by atoms with Crippen molar-refractivity contribution in [3.05, 3.63) is 39.9 Å². The number of methoxy groups -OCH3 is 1. The van der Waals surface area contributed by atoms with Crippen LogP contribution in [0.1, 0.15) is 17.9 Å². The number of hydrogen-bond donors (Lipinski definition) is 0. The summed E-state index contributed by atoms with van der Waals surface area (Å²) in [5.41, 5.74) is 0.665. The molecule has 0 aliphatic heterocycles. The van der Waals surface area contributed by atoms with Crippen LogP contribution in [-0.4, -0.2) is 16.5 Å². The smallest absolute Gasteiger partial charge is 0.291 e. The minimum absolute atomic E-state index is 0.450.